The summed E-state index contributed by atoms with van der Waals surface area (Å²) < 4.78 is 28.4. The Bertz CT molecular complexity index is 830. The number of imidazole rings is 1. The second-order valence-corrected chi connectivity index (χ2v) is 7.81. The monoisotopic (exact) mass is 356 g/mol. The summed E-state index contributed by atoms with van der Waals surface area (Å²) in [6, 6.07) is 3.53. The highest BCUT2D eigenvalue weighted by atomic mass is 32.2. The number of sulfonamides is 1. The smallest absolute Gasteiger partial charge is 0.284 e. The second-order valence-electron chi connectivity index (χ2n) is 5.09. The van der Waals surface area contributed by atoms with Crippen molar-refractivity contribution in [2.45, 2.75) is 34.8 Å². The fourth-order valence-electron chi connectivity index (χ4n) is 1.82. The molecule has 0 aliphatic rings. The summed E-state index contributed by atoms with van der Waals surface area (Å²) in [5.41, 5.74) is -0.273. The van der Waals surface area contributed by atoms with E-state index in [1.54, 1.807) is 37.9 Å². The van der Waals surface area contributed by atoms with Crippen molar-refractivity contribution in [1.29, 1.82) is 0 Å². The summed E-state index contributed by atoms with van der Waals surface area (Å²) in [4.78, 5) is 15.0. The summed E-state index contributed by atoms with van der Waals surface area (Å²) in [5.74, 6) is 0. The van der Waals surface area contributed by atoms with Crippen LogP contribution in [-0.4, -0.2) is 28.9 Å². The lowest BCUT2D eigenvalue weighted by Gasteiger charge is -2.10. The van der Waals surface area contributed by atoms with Crippen molar-refractivity contribution in [2.75, 3.05) is 0 Å². The molecular formula is C13H16N4O4S2. The third-order valence-electron chi connectivity index (χ3n) is 2.81. The molecule has 0 bridgehead atoms. The highest BCUT2D eigenvalue weighted by Gasteiger charge is 2.23. The molecule has 2 rings (SSSR count). The van der Waals surface area contributed by atoms with Crippen LogP contribution in [0.15, 0.2) is 45.5 Å². The minimum atomic E-state index is -3.79. The third-order valence-corrected chi connectivity index (χ3v) is 5.60. The van der Waals surface area contributed by atoms with Gasteiger partial charge < -0.3 is 4.57 Å². The Morgan fingerprint density at radius 1 is 1.39 bits per heavy atom. The van der Waals surface area contributed by atoms with Gasteiger partial charge >= 0.3 is 0 Å². The SMILES string of the molecule is CC(C)NS(=O)(=O)c1ccc(Sc2nccn2C)c([N+](=O)[O-])c1. The molecule has 0 fully saturated rings. The van der Waals surface area contributed by atoms with Gasteiger partial charge in [0.25, 0.3) is 5.69 Å². The number of benzene rings is 1. The molecule has 1 aromatic heterocycles. The van der Waals surface area contributed by atoms with E-state index in [1.165, 1.54) is 12.1 Å². The predicted octanol–water partition coefficient (Wildman–Crippen LogP) is 2.17. The van der Waals surface area contributed by atoms with Crippen LogP contribution in [0.3, 0.4) is 0 Å². The molecule has 0 spiro atoms. The van der Waals surface area contributed by atoms with Gasteiger partial charge in [-0.25, -0.2) is 18.1 Å². The van der Waals surface area contributed by atoms with Crippen molar-refractivity contribution in [3.63, 3.8) is 0 Å². The number of aromatic nitrogens is 2. The van der Waals surface area contributed by atoms with Gasteiger partial charge in [0.15, 0.2) is 5.16 Å². The lowest BCUT2D eigenvalue weighted by Crippen LogP contribution is -2.30. The lowest BCUT2D eigenvalue weighted by molar-refractivity contribution is -0.388. The van der Waals surface area contributed by atoms with E-state index in [9.17, 15) is 18.5 Å². The maximum atomic E-state index is 12.1. The molecule has 1 N–H and O–H groups in total. The van der Waals surface area contributed by atoms with Crippen LogP contribution in [0.25, 0.3) is 0 Å². The average Bonchev–Trinajstić information content (AvgIpc) is 2.83. The van der Waals surface area contributed by atoms with Crippen LogP contribution in [0.5, 0.6) is 0 Å². The number of hydrogen-bond acceptors (Lipinski definition) is 6. The molecule has 23 heavy (non-hydrogen) atoms. The molecule has 1 aromatic carbocycles. The van der Waals surface area contributed by atoms with Crippen molar-refractivity contribution < 1.29 is 13.3 Å². The predicted molar refractivity (Wildman–Crippen MR) is 85.9 cm³/mol. The molecule has 0 aliphatic carbocycles. The van der Waals surface area contributed by atoms with Crippen molar-refractivity contribution in [3.8, 4) is 0 Å². The van der Waals surface area contributed by atoms with E-state index in [2.05, 4.69) is 9.71 Å². The quantitative estimate of drug-likeness (QED) is 0.628. The maximum Gasteiger partial charge on any atom is 0.284 e. The van der Waals surface area contributed by atoms with Gasteiger partial charge in [-0.1, -0.05) is 0 Å². The molecule has 0 unspecified atom stereocenters. The lowest BCUT2D eigenvalue weighted by atomic mass is 10.3. The molecule has 0 atom stereocenters. The molecule has 8 nitrogen and oxygen atoms in total. The standard InChI is InChI=1S/C13H16N4O4S2/c1-9(2)15-23(20,21)10-4-5-12(11(8-10)17(18)19)22-13-14-6-7-16(13)3/h4-9,15H,1-3H3. The highest BCUT2D eigenvalue weighted by Crippen LogP contribution is 2.35. The first-order valence-electron chi connectivity index (χ1n) is 6.66. The van der Waals surface area contributed by atoms with E-state index < -0.39 is 14.9 Å². The minimum absolute atomic E-state index is 0.137. The second kappa shape index (κ2) is 6.69. The summed E-state index contributed by atoms with van der Waals surface area (Å²) in [6.07, 6.45) is 3.30. The molecule has 0 saturated heterocycles. The summed E-state index contributed by atoms with van der Waals surface area (Å²) in [6.45, 7) is 3.36. The maximum absolute atomic E-state index is 12.1. The molecular weight excluding hydrogens is 340 g/mol. The molecule has 0 amide bonds. The largest absolute Gasteiger partial charge is 0.329 e. The van der Waals surface area contributed by atoms with Crippen molar-refractivity contribution in [2.24, 2.45) is 7.05 Å². The van der Waals surface area contributed by atoms with Crippen LogP contribution < -0.4 is 4.72 Å². The number of nitrogens with one attached hydrogen (secondary N) is 1. The van der Waals surface area contributed by atoms with Gasteiger partial charge in [-0.3, -0.25) is 10.1 Å². The number of hydrogen-bond donors (Lipinski definition) is 1. The number of aryl methyl sites for hydroxylation is 1. The zero-order valence-corrected chi connectivity index (χ0v) is 14.4. The topological polar surface area (TPSA) is 107 Å². The molecule has 2 aromatic rings. The van der Waals surface area contributed by atoms with Gasteiger partial charge in [0.1, 0.15) is 0 Å². The molecule has 10 heteroatoms. The van der Waals surface area contributed by atoms with Crippen molar-refractivity contribution in [1.82, 2.24) is 14.3 Å². The third kappa shape index (κ3) is 4.09. The van der Waals surface area contributed by atoms with E-state index in [0.29, 0.717) is 10.1 Å². The zero-order valence-electron chi connectivity index (χ0n) is 12.8. The Kier molecular flexibility index (Phi) is 5.07. The van der Waals surface area contributed by atoms with Crippen LogP contribution in [0.4, 0.5) is 5.69 Å². The van der Waals surface area contributed by atoms with E-state index in [0.717, 1.165) is 17.8 Å². The number of nitrogens with zero attached hydrogens (tertiary/aromatic N) is 3. The number of nitro benzene ring substituents is 1. The first kappa shape index (κ1) is 17.4. The molecule has 124 valence electrons. The highest BCUT2D eigenvalue weighted by molar-refractivity contribution is 7.99. The van der Waals surface area contributed by atoms with Crippen molar-refractivity contribution >= 4 is 27.5 Å². The van der Waals surface area contributed by atoms with Crippen LogP contribution in [-0.2, 0) is 17.1 Å². The first-order chi connectivity index (χ1) is 10.7. The Balaban J connectivity index is 2.43. The van der Waals surface area contributed by atoms with Gasteiger partial charge in [-0.15, -0.1) is 0 Å². The minimum Gasteiger partial charge on any atom is -0.329 e. The van der Waals surface area contributed by atoms with Crippen molar-refractivity contribution in [3.05, 3.63) is 40.7 Å². The Hall–Kier alpha value is -1.91. The zero-order chi connectivity index (χ0) is 17.2. The normalized spacial score (nSPS) is 11.8. The molecule has 1 heterocycles. The fraction of sp³-hybridized carbons (Fsp3) is 0.308. The van der Waals surface area contributed by atoms with E-state index in [4.69, 9.17) is 0 Å². The van der Waals surface area contributed by atoms with Crippen LogP contribution in [0, 0.1) is 10.1 Å². The number of nitro groups is 1. The Morgan fingerprint density at radius 3 is 2.61 bits per heavy atom. The molecule has 0 saturated carbocycles. The van der Waals surface area contributed by atoms with E-state index >= 15 is 0 Å². The van der Waals surface area contributed by atoms with Crippen LogP contribution in [0.1, 0.15) is 13.8 Å². The summed E-state index contributed by atoms with van der Waals surface area (Å²) >= 11 is 1.10. The van der Waals surface area contributed by atoms with Crippen LogP contribution >= 0.6 is 11.8 Å². The summed E-state index contributed by atoms with van der Waals surface area (Å²) in [5, 5.41) is 11.9. The van der Waals surface area contributed by atoms with Gasteiger partial charge in [-0.05, 0) is 37.7 Å². The van der Waals surface area contributed by atoms with E-state index in [1.807, 2.05) is 0 Å². The Morgan fingerprint density at radius 2 is 2.09 bits per heavy atom. The first-order valence-corrected chi connectivity index (χ1v) is 8.96. The fourth-order valence-corrected chi connectivity index (χ4v) is 3.98. The van der Waals surface area contributed by atoms with Crippen LogP contribution in [0.2, 0.25) is 0 Å². The molecule has 0 aliphatic heterocycles. The van der Waals surface area contributed by atoms with Gasteiger partial charge in [0.2, 0.25) is 10.0 Å². The Labute approximate surface area is 138 Å². The summed E-state index contributed by atoms with van der Waals surface area (Å²) in [7, 11) is -2.02. The van der Waals surface area contributed by atoms with Gasteiger partial charge in [0, 0.05) is 31.5 Å². The number of rotatable bonds is 6. The van der Waals surface area contributed by atoms with Gasteiger partial charge in [0.05, 0.1) is 14.7 Å². The van der Waals surface area contributed by atoms with E-state index in [-0.39, 0.29) is 16.6 Å². The average molecular weight is 356 g/mol. The molecule has 0 radical (unpaired) electrons. The van der Waals surface area contributed by atoms with Gasteiger partial charge in [-0.2, -0.15) is 0 Å².